The summed E-state index contributed by atoms with van der Waals surface area (Å²) < 4.78 is 11.0. The zero-order chi connectivity index (χ0) is 21.1. The Morgan fingerprint density at radius 1 is 0.633 bits per heavy atom. The molecule has 30 heavy (non-hydrogen) atoms. The van der Waals surface area contributed by atoms with E-state index >= 15 is 0 Å². The van der Waals surface area contributed by atoms with Crippen LogP contribution in [0.5, 0.6) is 0 Å². The Labute approximate surface area is 174 Å². The van der Waals surface area contributed by atoms with E-state index in [1.165, 1.54) is 48.5 Å². The quantitative estimate of drug-likeness (QED) is 0.224. The van der Waals surface area contributed by atoms with Crippen molar-refractivity contribution in [2.24, 2.45) is 0 Å². The van der Waals surface area contributed by atoms with Crippen molar-refractivity contribution < 1.29 is 18.7 Å². The van der Waals surface area contributed by atoms with Gasteiger partial charge in [-0.2, -0.15) is 0 Å². The van der Waals surface area contributed by atoms with E-state index in [1.807, 2.05) is 0 Å². The van der Waals surface area contributed by atoms with E-state index in [4.69, 9.17) is 8.83 Å². The van der Waals surface area contributed by atoms with Crippen LogP contribution in [-0.4, -0.2) is 30.2 Å². The second-order valence-electron chi connectivity index (χ2n) is 5.52. The molecule has 0 fully saturated rings. The van der Waals surface area contributed by atoms with E-state index in [1.54, 1.807) is 0 Å². The first-order valence-electron chi connectivity index (χ1n) is 8.01. The molecule has 0 radical (unpaired) electrons. The van der Waals surface area contributed by atoms with Crippen molar-refractivity contribution in [1.29, 1.82) is 0 Å². The fourth-order valence-electron chi connectivity index (χ4n) is 2.24. The third-order valence-electron chi connectivity index (χ3n) is 3.65. The van der Waals surface area contributed by atoms with Gasteiger partial charge in [-0.25, -0.2) is 0 Å². The molecule has 4 aromatic rings. The molecule has 0 amide bonds. The molecule has 0 saturated heterocycles. The minimum Gasteiger partial charge on any atom is -0.411 e. The van der Waals surface area contributed by atoms with Crippen LogP contribution in [0, 0.1) is 20.2 Å². The molecule has 2 aromatic heterocycles. The van der Waals surface area contributed by atoms with Crippen molar-refractivity contribution in [2.45, 2.75) is 10.4 Å². The summed E-state index contributed by atoms with van der Waals surface area (Å²) in [6.45, 7) is 0. The lowest BCUT2D eigenvalue weighted by molar-refractivity contribution is -0.385. The lowest BCUT2D eigenvalue weighted by Gasteiger charge is -1.95. The highest BCUT2D eigenvalue weighted by Crippen LogP contribution is 2.38. The number of hydrogen-bond acceptors (Lipinski definition) is 12. The van der Waals surface area contributed by atoms with Crippen LogP contribution >= 0.6 is 21.6 Å². The Morgan fingerprint density at radius 3 is 1.33 bits per heavy atom. The van der Waals surface area contributed by atoms with E-state index < -0.39 is 9.85 Å². The van der Waals surface area contributed by atoms with Gasteiger partial charge in [-0.05, 0) is 24.3 Å². The summed E-state index contributed by atoms with van der Waals surface area (Å²) in [5.74, 6) is 0.426. The monoisotopic (exact) mass is 444 g/mol. The van der Waals surface area contributed by atoms with Gasteiger partial charge in [-0.1, -0.05) is 10.2 Å². The maximum atomic E-state index is 10.7. The van der Waals surface area contributed by atoms with E-state index in [-0.39, 0.29) is 33.6 Å². The Morgan fingerprint density at radius 2 is 1.00 bits per heavy atom. The fraction of sp³-hybridized carbons (Fsp3) is 0. The van der Waals surface area contributed by atoms with Crippen LogP contribution in [0.25, 0.3) is 22.9 Å². The molecule has 150 valence electrons. The van der Waals surface area contributed by atoms with Gasteiger partial charge in [0.15, 0.2) is 0 Å². The zero-order valence-electron chi connectivity index (χ0n) is 14.6. The maximum Gasteiger partial charge on any atom is 0.288 e. The lowest BCUT2D eigenvalue weighted by atomic mass is 10.2. The molecule has 0 spiro atoms. The van der Waals surface area contributed by atoms with Gasteiger partial charge in [-0.3, -0.25) is 20.2 Å². The van der Waals surface area contributed by atoms with Crippen LogP contribution in [-0.2, 0) is 0 Å². The van der Waals surface area contributed by atoms with Gasteiger partial charge < -0.3 is 8.83 Å². The zero-order valence-corrected chi connectivity index (χ0v) is 16.2. The van der Waals surface area contributed by atoms with Crippen molar-refractivity contribution in [3.63, 3.8) is 0 Å². The summed E-state index contributed by atoms with van der Waals surface area (Å²) in [6.07, 6.45) is 0. The van der Waals surface area contributed by atoms with Crippen LogP contribution < -0.4 is 0 Å². The number of nitrogens with zero attached hydrogens (tertiary/aromatic N) is 6. The molecule has 0 aliphatic rings. The maximum absolute atomic E-state index is 10.7. The summed E-state index contributed by atoms with van der Waals surface area (Å²) in [7, 11) is 2.19. The Hall–Kier alpha value is -3.78. The van der Waals surface area contributed by atoms with Gasteiger partial charge in [0.2, 0.25) is 11.8 Å². The first kappa shape index (κ1) is 19.5. The highest BCUT2D eigenvalue weighted by atomic mass is 33.1. The van der Waals surface area contributed by atoms with Gasteiger partial charge in [-0.15, -0.1) is 10.2 Å². The van der Waals surface area contributed by atoms with E-state index in [0.717, 1.165) is 21.6 Å². The molecule has 0 unspecified atom stereocenters. The molecule has 4 rings (SSSR count). The van der Waals surface area contributed by atoms with Gasteiger partial charge in [0.25, 0.3) is 21.8 Å². The molecule has 14 heteroatoms. The Balaban J connectivity index is 1.40. The van der Waals surface area contributed by atoms with Crippen molar-refractivity contribution >= 4 is 33.0 Å². The molecular weight excluding hydrogens is 436 g/mol. The van der Waals surface area contributed by atoms with Crippen molar-refractivity contribution in [3.8, 4) is 22.9 Å². The van der Waals surface area contributed by atoms with Crippen LogP contribution in [0.1, 0.15) is 0 Å². The molecule has 0 bridgehead atoms. The minimum absolute atomic E-state index is 0.0383. The Bertz CT molecular complexity index is 1110. The molecule has 2 heterocycles. The molecule has 0 N–H and O–H groups in total. The van der Waals surface area contributed by atoms with Crippen molar-refractivity contribution in [3.05, 3.63) is 68.8 Å². The molecule has 0 saturated carbocycles. The van der Waals surface area contributed by atoms with Crippen LogP contribution in [0.2, 0.25) is 0 Å². The first-order chi connectivity index (χ1) is 14.5. The Kier molecular flexibility index (Phi) is 5.40. The average molecular weight is 444 g/mol. The summed E-state index contributed by atoms with van der Waals surface area (Å²) in [5.41, 5.74) is 1.01. The predicted octanol–water partition coefficient (Wildman–Crippen LogP) is 4.40. The topological polar surface area (TPSA) is 164 Å². The number of rotatable bonds is 7. The normalized spacial score (nSPS) is 10.8. The van der Waals surface area contributed by atoms with Crippen LogP contribution in [0.3, 0.4) is 0 Å². The van der Waals surface area contributed by atoms with Crippen LogP contribution in [0.15, 0.2) is 67.8 Å². The average Bonchev–Trinajstić information content (AvgIpc) is 3.42. The highest BCUT2D eigenvalue weighted by molar-refractivity contribution is 8.76. The second kappa shape index (κ2) is 8.30. The predicted molar refractivity (Wildman–Crippen MR) is 104 cm³/mol. The van der Waals surface area contributed by atoms with Gasteiger partial charge in [0.05, 0.1) is 9.85 Å². The van der Waals surface area contributed by atoms with Crippen LogP contribution in [0.4, 0.5) is 11.4 Å². The lowest BCUT2D eigenvalue weighted by Crippen LogP contribution is -1.87. The van der Waals surface area contributed by atoms with E-state index in [0.29, 0.717) is 11.1 Å². The molecule has 0 aliphatic carbocycles. The third kappa shape index (κ3) is 4.28. The molecule has 12 nitrogen and oxygen atoms in total. The van der Waals surface area contributed by atoms with Gasteiger partial charge >= 0.3 is 0 Å². The highest BCUT2D eigenvalue weighted by Gasteiger charge is 2.15. The number of aromatic nitrogens is 4. The SMILES string of the molecule is O=[N+]([O-])c1ccc(-c2nnc(SSc3nnc(-c4ccc([N+](=O)[O-])cc4)o3)o2)cc1. The number of non-ortho nitro benzene ring substituents is 2. The summed E-state index contributed by atoms with van der Waals surface area (Å²) in [5, 5.41) is 37.5. The summed E-state index contributed by atoms with van der Waals surface area (Å²) in [4.78, 5) is 20.4. The second-order valence-corrected chi connectivity index (χ2v) is 7.55. The molecule has 2 aromatic carbocycles. The smallest absolute Gasteiger partial charge is 0.288 e. The largest absolute Gasteiger partial charge is 0.411 e. The van der Waals surface area contributed by atoms with Crippen molar-refractivity contribution in [1.82, 2.24) is 20.4 Å². The molecular formula is C16H8N6O6S2. The minimum atomic E-state index is -0.495. The molecule has 0 aliphatic heterocycles. The number of benzene rings is 2. The van der Waals surface area contributed by atoms with Gasteiger partial charge in [0, 0.05) is 57.0 Å². The van der Waals surface area contributed by atoms with E-state index in [9.17, 15) is 20.2 Å². The molecule has 0 atom stereocenters. The van der Waals surface area contributed by atoms with E-state index in [2.05, 4.69) is 20.4 Å². The number of hydrogen-bond donors (Lipinski definition) is 0. The van der Waals surface area contributed by atoms with Crippen molar-refractivity contribution in [2.75, 3.05) is 0 Å². The summed E-state index contributed by atoms with van der Waals surface area (Å²) in [6, 6.07) is 11.4. The standard InChI is InChI=1S/C16H8N6O6S2/c23-21(24)11-5-1-9(2-6-11)13-17-19-15(27-13)29-30-16-20-18-14(28-16)10-3-7-12(8-4-10)22(25)26/h1-8H. The van der Waals surface area contributed by atoms with Gasteiger partial charge in [0.1, 0.15) is 0 Å². The number of nitro groups is 2. The number of nitro benzene ring substituents is 2. The third-order valence-corrected chi connectivity index (χ3v) is 5.45. The first-order valence-corrected chi connectivity index (χ1v) is 10.2. The summed E-state index contributed by atoms with van der Waals surface area (Å²) >= 11 is 0. The fourth-order valence-corrected chi connectivity index (χ4v) is 3.59.